The molecule has 2 aliphatic heterocycles. The maximum Gasteiger partial charge on any atom is 0.341 e. The molecule has 0 saturated heterocycles. The summed E-state index contributed by atoms with van der Waals surface area (Å²) in [5, 5.41) is 21.1. The Morgan fingerprint density at radius 2 is 2.00 bits per heavy atom. The summed E-state index contributed by atoms with van der Waals surface area (Å²) in [5.74, 6) is -2.73. The molecular formula is C16H21NO6. The van der Waals surface area contributed by atoms with E-state index >= 15 is 0 Å². The Labute approximate surface area is 133 Å². The minimum absolute atomic E-state index is 0.0458. The van der Waals surface area contributed by atoms with Gasteiger partial charge in [-0.3, -0.25) is 4.79 Å². The van der Waals surface area contributed by atoms with Crippen molar-refractivity contribution in [3.05, 3.63) is 23.5 Å². The van der Waals surface area contributed by atoms with Gasteiger partial charge >= 0.3 is 11.9 Å². The van der Waals surface area contributed by atoms with Gasteiger partial charge in [-0.15, -0.1) is 0 Å². The molecule has 3 rings (SSSR count). The van der Waals surface area contributed by atoms with E-state index in [0.717, 1.165) is 18.2 Å². The quantitative estimate of drug-likeness (QED) is 0.681. The number of hydrogen-bond acceptors (Lipinski definition) is 6. The molecule has 2 N–H and O–H groups in total. The SMILES string of the molecule is CC1C(=O)OC2CCn3ccc(c32)COC(=O)C(C)(O)C1(C)O. The molecule has 1 aromatic rings. The third-order valence-electron chi connectivity index (χ3n) is 5.23. The standard InChI is InChI=1S/C16H21NO6/c1-9-13(18)23-11-5-7-17-6-4-10(12(11)17)8-22-14(19)16(3,21)15(9,2)20/h4,6,9,11,20-21H,5,7-8H2,1-3H3. The van der Waals surface area contributed by atoms with Crippen molar-refractivity contribution in [1.29, 1.82) is 0 Å². The Morgan fingerprint density at radius 3 is 2.70 bits per heavy atom. The number of carbonyl (C=O) groups is 2. The van der Waals surface area contributed by atoms with Crippen molar-refractivity contribution in [2.24, 2.45) is 5.92 Å². The van der Waals surface area contributed by atoms with Crippen LogP contribution in [-0.4, -0.2) is 37.9 Å². The van der Waals surface area contributed by atoms with Crippen LogP contribution in [0.15, 0.2) is 12.3 Å². The van der Waals surface area contributed by atoms with Crippen molar-refractivity contribution >= 4 is 11.9 Å². The number of rotatable bonds is 0. The minimum atomic E-state index is -2.24. The molecule has 23 heavy (non-hydrogen) atoms. The molecule has 0 spiro atoms. The lowest BCUT2D eigenvalue weighted by atomic mass is 9.76. The Hall–Kier alpha value is -1.86. The van der Waals surface area contributed by atoms with Crippen LogP contribution < -0.4 is 0 Å². The molecule has 0 aromatic carbocycles. The predicted octanol–water partition coefficient (Wildman–Crippen LogP) is 0.671. The minimum Gasteiger partial charge on any atom is -0.459 e. The fourth-order valence-electron chi connectivity index (χ4n) is 3.13. The van der Waals surface area contributed by atoms with Gasteiger partial charge in [-0.25, -0.2) is 4.79 Å². The number of nitrogens with zero attached hydrogens (tertiary/aromatic N) is 1. The van der Waals surface area contributed by atoms with Gasteiger partial charge in [0.25, 0.3) is 0 Å². The number of aliphatic hydroxyl groups is 2. The highest BCUT2D eigenvalue weighted by atomic mass is 16.6. The van der Waals surface area contributed by atoms with Crippen molar-refractivity contribution in [3.8, 4) is 0 Å². The van der Waals surface area contributed by atoms with E-state index in [1.54, 1.807) is 6.07 Å². The summed E-state index contributed by atoms with van der Waals surface area (Å²) in [6, 6.07) is 1.80. The fraction of sp³-hybridized carbons (Fsp3) is 0.625. The maximum absolute atomic E-state index is 12.4. The average molecular weight is 323 g/mol. The van der Waals surface area contributed by atoms with Crippen LogP contribution in [0, 0.1) is 5.92 Å². The van der Waals surface area contributed by atoms with Gasteiger partial charge in [-0.05, 0) is 26.8 Å². The second kappa shape index (κ2) is 5.07. The van der Waals surface area contributed by atoms with Gasteiger partial charge in [-0.2, -0.15) is 0 Å². The highest BCUT2D eigenvalue weighted by molar-refractivity contribution is 5.83. The summed E-state index contributed by atoms with van der Waals surface area (Å²) in [5.41, 5.74) is -2.72. The molecular weight excluding hydrogens is 302 g/mol. The molecule has 0 bridgehead atoms. The lowest BCUT2D eigenvalue weighted by Crippen LogP contribution is -2.61. The molecule has 2 aliphatic rings. The maximum atomic E-state index is 12.4. The first-order valence-corrected chi connectivity index (χ1v) is 7.66. The molecule has 4 atom stereocenters. The number of ether oxygens (including phenoxy) is 2. The number of hydrogen-bond donors (Lipinski definition) is 2. The smallest absolute Gasteiger partial charge is 0.341 e. The Balaban J connectivity index is 2.04. The van der Waals surface area contributed by atoms with E-state index in [9.17, 15) is 19.8 Å². The van der Waals surface area contributed by atoms with Crippen LogP contribution in [0.5, 0.6) is 0 Å². The molecule has 7 nitrogen and oxygen atoms in total. The van der Waals surface area contributed by atoms with E-state index in [1.807, 2.05) is 10.8 Å². The summed E-state index contributed by atoms with van der Waals surface area (Å²) < 4.78 is 12.7. The van der Waals surface area contributed by atoms with Crippen LogP contribution in [0.3, 0.4) is 0 Å². The second-order valence-electron chi connectivity index (χ2n) is 6.65. The Kier molecular flexibility index (Phi) is 3.53. The molecule has 4 unspecified atom stereocenters. The van der Waals surface area contributed by atoms with E-state index in [4.69, 9.17) is 9.47 Å². The van der Waals surface area contributed by atoms with Gasteiger partial charge in [0.05, 0.1) is 11.6 Å². The van der Waals surface area contributed by atoms with Crippen molar-refractivity contribution in [2.45, 2.75) is 57.6 Å². The average Bonchev–Trinajstić information content (AvgIpc) is 3.06. The Bertz CT molecular complexity index is 660. The molecule has 1 aromatic heterocycles. The topological polar surface area (TPSA) is 98.0 Å². The van der Waals surface area contributed by atoms with E-state index in [1.165, 1.54) is 13.8 Å². The summed E-state index contributed by atoms with van der Waals surface area (Å²) in [4.78, 5) is 24.7. The van der Waals surface area contributed by atoms with Gasteiger partial charge in [0.1, 0.15) is 18.3 Å². The zero-order valence-corrected chi connectivity index (χ0v) is 13.4. The zero-order valence-electron chi connectivity index (χ0n) is 13.4. The zero-order chi connectivity index (χ0) is 17.0. The van der Waals surface area contributed by atoms with E-state index < -0.39 is 35.2 Å². The molecule has 0 fully saturated rings. The van der Waals surface area contributed by atoms with Crippen molar-refractivity contribution in [2.75, 3.05) is 0 Å². The monoisotopic (exact) mass is 323 g/mol. The molecule has 7 heteroatoms. The largest absolute Gasteiger partial charge is 0.459 e. The summed E-state index contributed by atoms with van der Waals surface area (Å²) >= 11 is 0. The lowest BCUT2D eigenvalue weighted by Gasteiger charge is -2.39. The van der Waals surface area contributed by atoms with Crippen LogP contribution in [0.4, 0.5) is 0 Å². The van der Waals surface area contributed by atoms with Gasteiger partial charge < -0.3 is 24.3 Å². The van der Waals surface area contributed by atoms with E-state index in [-0.39, 0.29) is 6.61 Å². The summed E-state index contributed by atoms with van der Waals surface area (Å²) in [6.07, 6.45) is 2.05. The van der Waals surface area contributed by atoms with Crippen LogP contribution in [0.2, 0.25) is 0 Å². The molecule has 3 heterocycles. The molecule has 0 saturated carbocycles. The second-order valence-corrected chi connectivity index (χ2v) is 6.65. The van der Waals surface area contributed by atoms with E-state index in [2.05, 4.69) is 0 Å². The van der Waals surface area contributed by atoms with Gasteiger partial charge in [-0.1, -0.05) is 0 Å². The van der Waals surface area contributed by atoms with Crippen LogP contribution in [-0.2, 0) is 32.2 Å². The molecule has 0 radical (unpaired) electrons. The highest BCUT2D eigenvalue weighted by Gasteiger charge is 2.55. The number of carbonyl (C=O) groups excluding carboxylic acids is 2. The lowest BCUT2D eigenvalue weighted by molar-refractivity contribution is -0.207. The first kappa shape index (κ1) is 16.0. The van der Waals surface area contributed by atoms with Crippen LogP contribution in [0.1, 0.15) is 44.6 Å². The summed E-state index contributed by atoms with van der Waals surface area (Å²) in [7, 11) is 0. The van der Waals surface area contributed by atoms with Gasteiger partial charge in [0.15, 0.2) is 5.60 Å². The number of aryl methyl sites for hydroxylation is 1. The predicted molar refractivity (Wildman–Crippen MR) is 78.1 cm³/mol. The molecule has 0 aliphatic carbocycles. The van der Waals surface area contributed by atoms with Crippen LogP contribution in [0.25, 0.3) is 0 Å². The Morgan fingerprint density at radius 1 is 1.30 bits per heavy atom. The summed E-state index contributed by atoms with van der Waals surface area (Å²) in [6.45, 7) is 4.48. The molecule has 126 valence electrons. The third-order valence-corrected chi connectivity index (χ3v) is 5.23. The van der Waals surface area contributed by atoms with E-state index in [0.29, 0.717) is 13.0 Å². The normalized spacial score (nSPS) is 37.6. The van der Waals surface area contributed by atoms with Gasteiger partial charge in [0.2, 0.25) is 0 Å². The number of cyclic esters (lactones) is 1. The fourth-order valence-corrected chi connectivity index (χ4v) is 3.13. The number of aromatic nitrogens is 1. The first-order valence-electron chi connectivity index (χ1n) is 7.66. The first-order chi connectivity index (χ1) is 10.7. The number of esters is 2. The highest BCUT2D eigenvalue weighted by Crippen LogP contribution is 2.38. The molecule has 0 amide bonds. The van der Waals surface area contributed by atoms with Crippen LogP contribution >= 0.6 is 0 Å². The van der Waals surface area contributed by atoms with Crippen molar-refractivity contribution in [3.63, 3.8) is 0 Å². The van der Waals surface area contributed by atoms with Gasteiger partial charge in [0, 0.05) is 24.7 Å². The third kappa shape index (κ3) is 2.26. The van der Waals surface area contributed by atoms with Crippen molar-refractivity contribution in [1.82, 2.24) is 4.57 Å². The van der Waals surface area contributed by atoms with Crippen molar-refractivity contribution < 1.29 is 29.3 Å².